The Labute approximate surface area is 137 Å². The van der Waals surface area contributed by atoms with E-state index in [9.17, 15) is 13.2 Å². The van der Waals surface area contributed by atoms with Crippen molar-refractivity contribution in [3.05, 3.63) is 23.7 Å². The van der Waals surface area contributed by atoms with E-state index in [-0.39, 0.29) is 17.2 Å². The fraction of sp³-hybridized carbons (Fsp3) is 0.533. The van der Waals surface area contributed by atoms with Crippen molar-refractivity contribution in [1.29, 1.82) is 0 Å². The van der Waals surface area contributed by atoms with Crippen LogP contribution in [0.2, 0.25) is 0 Å². The second-order valence-corrected chi connectivity index (χ2v) is 6.65. The lowest BCUT2D eigenvalue weighted by atomic mass is 10.2. The van der Waals surface area contributed by atoms with Crippen LogP contribution >= 0.6 is 0 Å². The molecule has 1 atom stereocenters. The van der Waals surface area contributed by atoms with Gasteiger partial charge in [0.25, 0.3) is 0 Å². The van der Waals surface area contributed by atoms with Crippen molar-refractivity contribution in [2.24, 2.45) is 5.41 Å². The van der Waals surface area contributed by atoms with Crippen LogP contribution in [0.3, 0.4) is 0 Å². The molecule has 0 amide bonds. The van der Waals surface area contributed by atoms with Gasteiger partial charge in [0, 0.05) is 19.4 Å². The first-order valence-electron chi connectivity index (χ1n) is 7.56. The summed E-state index contributed by atoms with van der Waals surface area (Å²) in [5.74, 6) is -0.182. The summed E-state index contributed by atoms with van der Waals surface area (Å²) in [6, 6.07) is 0.341. The van der Waals surface area contributed by atoms with Crippen molar-refractivity contribution in [2.75, 3.05) is 17.7 Å². The van der Waals surface area contributed by atoms with Crippen molar-refractivity contribution in [3.8, 4) is 0 Å². The normalized spacial score (nSPS) is 19.2. The molecule has 0 bridgehead atoms. The molecule has 0 spiro atoms. The van der Waals surface area contributed by atoms with Crippen LogP contribution in [0.5, 0.6) is 0 Å². The smallest absolute Gasteiger partial charge is 0.372 e. The van der Waals surface area contributed by atoms with E-state index in [1.807, 2.05) is 17.8 Å². The summed E-state index contributed by atoms with van der Waals surface area (Å²) in [6.07, 6.45) is -0.844. The summed E-state index contributed by atoms with van der Waals surface area (Å²) in [5, 5.41) is 9.87. The predicted molar refractivity (Wildman–Crippen MR) is 84.3 cm³/mol. The summed E-state index contributed by atoms with van der Waals surface area (Å²) < 4.78 is 40.5. The molecule has 3 rings (SSSR count). The maximum absolute atomic E-state index is 12.9. The molecule has 1 fully saturated rings. The Balaban J connectivity index is 1.84. The fourth-order valence-corrected chi connectivity index (χ4v) is 2.62. The van der Waals surface area contributed by atoms with Crippen molar-refractivity contribution >= 4 is 17.5 Å². The lowest BCUT2D eigenvalue weighted by molar-refractivity contribution is -0.137. The first kappa shape index (κ1) is 16.5. The highest BCUT2D eigenvalue weighted by Crippen LogP contribution is 2.55. The molecule has 2 N–H and O–H groups in total. The van der Waals surface area contributed by atoms with Crippen LogP contribution in [0.1, 0.15) is 37.6 Å². The molecular formula is C15H19F3N6. The van der Waals surface area contributed by atoms with Gasteiger partial charge in [-0.1, -0.05) is 13.8 Å². The maximum atomic E-state index is 12.9. The quantitative estimate of drug-likeness (QED) is 0.887. The van der Waals surface area contributed by atoms with Crippen molar-refractivity contribution < 1.29 is 13.2 Å². The Bertz CT molecular complexity index is 765. The van der Waals surface area contributed by atoms with Crippen LogP contribution in [0.25, 0.3) is 0 Å². The number of hydrogen-bond acceptors (Lipinski definition) is 5. The number of nitrogens with zero attached hydrogens (tertiary/aromatic N) is 4. The number of rotatable bonds is 4. The lowest BCUT2D eigenvalue weighted by Crippen LogP contribution is -2.12. The molecule has 2 aromatic heterocycles. The van der Waals surface area contributed by atoms with Gasteiger partial charge in [-0.2, -0.15) is 23.3 Å². The zero-order chi connectivity index (χ0) is 17.7. The molecule has 6 nitrogen and oxygen atoms in total. The largest absolute Gasteiger partial charge is 0.421 e. The number of nitrogens with one attached hydrogen (secondary N) is 2. The second kappa shape index (κ2) is 5.35. The Kier molecular flexibility index (Phi) is 3.69. The highest BCUT2D eigenvalue weighted by Gasteiger charge is 2.47. The van der Waals surface area contributed by atoms with Gasteiger partial charge in [0.15, 0.2) is 0 Å². The van der Waals surface area contributed by atoms with Gasteiger partial charge in [0.05, 0.1) is 17.4 Å². The van der Waals surface area contributed by atoms with Crippen LogP contribution in [-0.4, -0.2) is 26.8 Å². The third kappa shape index (κ3) is 3.02. The summed E-state index contributed by atoms with van der Waals surface area (Å²) in [6.45, 7) is 6.16. The van der Waals surface area contributed by atoms with E-state index >= 15 is 0 Å². The molecule has 0 aromatic carbocycles. The summed E-state index contributed by atoms with van der Waals surface area (Å²) >= 11 is 0. The summed E-state index contributed by atoms with van der Waals surface area (Å²) in [5.41, 5.74) is 0.745. The molecule has 0 unspecified atom stereocenters. The molecule has 9 heteroatoms. The van der Waals surface area contributed by atoms with Crippen molar-refractivity contribution in [3.63, 3.8) is 0 Å². The standard InChI is InChI=1S/C15H19F3N6/c1-8-10(7-24(23-8)11-5-14(11,2)3)21-13-20-6-9(15(16,17)18)12(19-4)22-13/h6-7,11H,5H2,1-4H3,(H2,19,20,21,22)/t11-/m0/s1. The van der Waals surface area contributed by atoms with Crippen LogP contribution in [0.4, 0.5) is 30.6 Å². The van der Waals surface area contributed by atoms with Crippen LogP contribution in [0.15, 0.2) is 12.4 Å². The van der Waals surface area contributed by atoms with E-state index in [2.05, 4.69) is 39.5 Å². The van der Waals surface area contributed by atoms with Crippen molar-refractivity contribution in [1.82, 2.24) is 19.7 Å². The van der Waals surface area contributed by atoms with Gasteiger partial charge in [-0.05, 0) is 18.8 Å². The second-order valence-electron chi connectivity index (χ2n) is 6.65. The number of aromatic nitrogens is 4. The van der Waals surface area contributed by atoms with Gasteiger partial charge in [0.2, 0.25) is 5.95 Å². The zero-order valence-corrected chi connectivity index (χ0v) is 13.9. The third-order valence-electron chi connectivity index (χ3n) is 4.27. The van der Waals surface area contributed by atoms with Gasteiger partial charge in [-0.25, -0.2) is 4.98 Å². The van der Waals surface area contributed by atoms with E-state index in [4.69, 9.17) is 0 Å². The van der Waals surface area contributed by atoms with Gasteiger partial charge >= 0.3 is 6.18 Å². The first-order chi connectivity index (χ1) is 11.1. The van der Waals surface area contributed by atoms with Crippen molar-refractivity contribution in [2.45, 2.75) is 39.4 Å². The van der Waals surface area contributed by atoms with E-state index in [1.54, 1.807) is 0 Å². The van der Waals surface area contributed by atoms with Crippen LogP contribution < -0.4 is 10.6 Å². The molecule has 0 saturated heterocycles. The molecule has 130 valence electrons. The molecule has 2 aromatic rings. The third-order valence-corrected chi connectivity index (χ3v) is 4.27. The van der Waals surface area contributed by atoms with Gasteiger partial charge in [-0.3, -0.25) is 4.68 Å². The average Bonchev–Trinajstić information content (AvgIpc) is 2.97. The minimum absolute atomic E-state index is 0.0880. The topological polar surface area (TPSA) is 67.7 Å². The Morgan fingerprint density at radius 1 is 1.33 bits per heavy atom. The minimum Gasteiger partial charge on any atom is -0.372 e. The minimum atomic E-state index is -4.50. The molecule has 1 aliphatic rings. The van der Waals surface area contributed by atoms with Gasteiger partial charge in [-0.15, -0.1) is 0 Å². The number of aryl methyl sites for hydroxylation is 1. The zero-order valence-electron chi connectivity index (χ0n) is 13.9. The SMILES string of the molecule is CNc1nc(Nc2cn([C@H]3CC3(C)C)nc2C)ncc1C(F)(F)F. The summed E-state index contributed by atoms with van der Waals surface area (Å²) in [4.78, 5) is 7.67. The van der Waals surface area contributed by atoms with Gasteiger partial charge in [0.1, 0.15) is 11.4 Å². The number of alkyl halides is 3. The molecule has 0 radical (unpaired) electrons. The Morgan fingerprint density at radius 2 is 2.00 bits per heavy atom. The summed E-state index contributed by atoms with van der Waals surface area (Å²) in [7, 11) is 1.39. The Hall–Kier alpha value is -2.32. The van der Waals surface area contributed by atoms with Crippen LogP contribution in [-0.2, 0) is 6.18 Å². The lowest BCUT2D eigenvalue weighted by Gasteiger charge is -2.12. The Morgan fingerprint density at radius 3 is 2.54 bits per heavy atom. The van der Waals surface area contributed by atoms with E-state index in [0.717, 1.165) is 18.3 Å². The number of hydrogen-bond donors (Lipinski definition) is 2. The van der Waals surface area contributed by atoms with Gasteiger partial charge < -0.3 is 10.6 Å². The predicted octanol–water partition coefficient (Wildman–Crippen LogP) is 3.76. The van der Waals surface area contributed by atoms with E-state index in [0.29, 0.717) is 11.7 Å². The fourth-order valence-electron chi connectivity index (χ4n) is 2.62. The highest BCUT2D eigenvalue weighted by molar-refractivity contribution is 5.58. The highest BCUT2D eigenvalue weighted by atomic mass is 19.4. The first-order valence-corrected chi connectivity index (χ1v) is 7.56. The monoisotopic (exact) mass is 340 g/mol. The molecule has 2 heterocycles. The number of halogens is 3. The molecule has 24 heavy (non-hydrogen) atoms. The average molecular weight is 340 g/mol. The molecule has 0 aliphatic heterocycles. The van der Waals surface area contributed by atoms with E-state index in [1.165, 1.54) is 7.05 Å². The molecule has 1 aliphatic carbocycles. The maximum Gasteiger partial charge on any atom is 0.421 e. The van der Waals surface area contributed by atoms with Crippen LogP contribution in [0, 0.1) is 12.3 Å². The molecule has 1 saturated carbocycles. The van der Waals surface area contributed by atoms with E-state index < -0.39 is 11.7 Å². The number of anilines is 3. The molecular weight excluding hydrogens is 321 g/mol.